The second-order valence-electron chi connectivity index (χ2n) is 5.39. The molecule has 2 heteroatoms. The molecule has 0 radical (unpaired) electrons. The van der Waals surface area contributed by atoms with Crippen molar-refractivity contribution in [3.63, 3.8) is 0 Å². The van der Waals surface area contributed by atoms with Crippen molar-refractivity contribution in [1.29, 1.82) is 0 Å². The highest BCUT2D eigenvalue weighted by atomic mass is 16.1. The standard InChI is InChI=1S/C16H16O2/c1-9-5-3-7-11-13(9)15(17)12-8-4-6-10(2)14(12)16(11)18/h3-5,7-8,10-11,13H,6H2,1-2H3. The van der Waals surface area contributed by atoms with E-state index in [1.807, 2.05) is 44.2 Å². The van der Waals surface area contributed by atoms with Crippen molar-refractivity contribution in [3.8, 4) is 0 Å². The number of hydrogen-bond acceptors (Lipinski definition) is 2. The number of allylic oxidation sites excluding steroid dienone is 8. The van der Waals surface area contributed by atoms with Gasteiger partial charge in [-0.3, -0.25) is 9.59 Å². The van der Waals surface area contributed by atoms with Gasteiger partial charge in [-0.15, -0.1) is 0 Å². The fraction of sp³-hybridized carbons (Fsp3) is 0.375. The van der Waals surface area contributed by atoms with Gasteiger partial charge in [-0.05, 0) is 19.3 Å². The summed E-state index contributed by atoms with van der Waals surface area (Å²) in [6.07, 6.45) is 10.4. The summed E-state index contributed by atoms with van der Waals surface area (Å²) in [6, 6.07) is 0. The highest BCUT2D eigenvalue weighted by Crippen LogP contribution is 2.41. The number of carbonyl (C=O) groups is 2. The van der Waals surface area contributed by atoms with Crippen molar-refractivity contribution in [2.45, 2.75) is 20.3 Å². The van der Waals surface area contributed by atoms with Crippen LogP contribution in [0.25, 0.3) is 0 Å². The molecule has 3 unspecified atom stereocenters. The molecule has 0 aromatic carbocycles. The highest BCUT2D eigenvalue weighted by Gasteiger charge is 2.44. The minimum absolute atomic E-state index is 0.121. The van der Waals surface area contributed by atoms with E-state index in [2.05, 4.69) is 0 Å². The van der Waals surface area contributed by atoms with E-state index in [1.54, 1.807) is 0 Å². The van der Waals surface area contributed by atoms with Gasteiger partial charge in [-0.25, -0.2) is 0 Å². The third-order valence-electron chi connectivity index (χ3n) is 4.20. The van der Waals surface area contributed by atoms with E-state index in [1.165, 1.54) is 0 Å². The molecule has 0 fully saturated rings. The van der Waals surface area contributed by atoms with Crippen LogP contribution in [0, 0.1) is 17.8 Å². The Kier molecular flexibility index (Phi) is 2.47. The van der Waals surface area contributed by atoms with Gasteiger partial charge in [0.1, 0.15) is 0 Å². The van der Waals surface area contributed by atoms with E-state index in [0.717, 1.165) is 17.6 Å². The summed E-state index contributed by atoms with van der Waals surface area (Å²) in [7, 11) is 0. The van der Waals surface area contributed by atoms with Crippen molar-refractivity contribution in [3.05, 3.63) is 47.1 Å². The lowest BCUT2D eigenvalue weighted by atomic mass is 9.66. The molecular weight excluding hydrogens is 224 g/mol. The van der Waals surface area contributed by atoms with Crippen molar-refractivity contribution in [2.75, 3.05) is 0 Å². The molecule has 0 amide bonds. The lowest BCUT2D eigenvalue weighted by Crippen LogP contribution is -2.40. The average molecular weight is 240 g/mol. The highest BCUT2D eigenvalue weighted by molar-refractivity contribution is 6.17. The van der Waals surface area contributed by atoms with Crippen LogP contribution in [0.5, 0.6) is 0 Å². The van der Waals surface area contributed by atoms with Crippen molar-refractivity contribution < 1.29 is 9.59 Å². The second-order valence-corrected chi connectivity index (χ2v) is 5.39. The molecule has 0 N–H and O–H groups in total. The number of ketones is 2. The predicted octanol–water partition coefficient (Wildman–Crippen LogP) is 2.78. The number of fused-ring (bicyclic) bond motifs is 1. The van der Waals surface area contributed by atoms with E-state index in [0.29, 0.717) is 5.57 Å². The minimum atomic E-state index is -0.268. The third-order valence-corrected chi connectivity index (χ3v) is 4.20. The van der Waals surface area contributed by atoms with E-state index < -0.39 is 0 Å². The molecule has 0 spiro atoms. The van der Waals surface area contributed by atoms with Gasteiger partial charge in [-0.2, -0.15) is 0 Å². The van der Waals surface area contributed by atoms with E-state index >= 15 is 0 Å². The maximum atomic E-state index is 12.6. The molecule has 0 heterocycles. The van der Waals surface area contributed by atoms with Gasteiger partial charge in [0.25, 0.3) is 0 Å². The van der Waals surface area contributed by atoms with Crippen molar-refractivity contribution in [1.82, 2.24) is 0 Å². The molecule has 3 aliphatic rings. The largest absolute Gasteiger partial charge is 0.294 e. The normalized spacial score (nSPS) is 34.3. The van der Waals surface area contributed by atoms with E-state index in [9.17, 15) is 9.59 Å². The van der Waals surface area contributed by atoms with Crippen LogP contribution in [0.15, 0.2) is 47.1 Å². The first-order valence-electron chi connectivity index (χ1n) is 6.45. The van der Waals surface area contributed by atoms with Crippen LogP contribution in [0.2, 0.25) is 0 Å². The monoisotopic (exact) mass is 240 g/mol. The Labute approximate surface area is 107 Å². The number of carbonyl (C=O) groups excluding carboxylic acids is 2. The van der Waals surface area contributed by atoms with Crippen LogP contribution in [0.3, 0.4) is 0 Å². The van der Waals surface area contributed by atoms with Crippen LogP contribution in [-0.2, 0) is 9.59 Å². The Bertz CT molecular complexity index is 558. The lowest BCUT2D eigenvalue weighted by Gasteiger charge is -2.35. The average Bonchev–Trinajstić information content (AvgIpc) is 2.35. The van der Waals surface area contributed by atoms with Crippen LogP contribution in [0.4, 0.5) is 0 Å². The molecule has 0 aromatic rings. The molecule has 2 nitrogen and oxygen atoms in total. The first kappa shape index (κ1) is 11.4. The molecule has 0 aromatic heterocycles. The van der Waals surface area contributed by atoms with Crippen LogP contribution in [-0.4, -0.2) is 11.6 Å². The van der Waals surface area contributed by atoms with Gasteiger partial charge < -0.3 is 0 Å². The van der Waals surface area contributed by atoms with E-state index in [4.69, 9.17) is 0 Å². The van der Waals surface area contributed by atoms with Crippen LogP contribution in [0.1, 0.15) is 20.3 Å². The van der Waals surface area contributed by atoms with Gasteiger partial charge >= 0.3 is 0 Å². The predicted molar refractivity (Wildman–Crippen MR) is 69.8 cm³/mol. The molecular formula is C16H16O2. The first-order chi connectivity index (χ1) is 8.61. The molecule has 0 saturated heterocycles. The minimum Gasteiger partial charge on any atom is -0.294 e. The fourth-order valence-corrected chi connectivity index (χ4v) is 3.23. The van der Waals surface area contributed by atoms with E-state index in [-0.39, 0.29) is 29.3 Å². The summed E-state index contributed by atoms with van der Waals surface area (Å²) >= 11 is 0. The molecule has 18 heavy (non-hydrogen) atoms. The van der Waals surface area contributed by atoms with Gasteiger partial charge in [0.15, 0.2) is 11.6 Å². The summed E-state index contributed by atoms with van der Waals surface area (Å²) in [4.78, 5) is 25.1. The quantitative estimate of drug-likeness (QED) is 0.652. The number of hydrogen-bond donors (Lipinski definition) is 0. The van der Waals surface area contributed by atoms with Crippen molar-refractivity contribution in [2.24, 2.45) is 17.8 Å². The smallest absolute Gasteiger partial charge is 0.171 e. The zero-order chi connectivity index (χ0) is 12.9. The molecule has 0 aliphatic heterocycles. The summed E-state index contributed by atoms with van der Waals surface area (Å²) in [5, 5.41) is 0. The summed E-state index contributed by atoms with van der Waals surface area (Å²) < 4.78 is 0. The second kappa shape index (κ2) is 3.91. The van der Waals surface area contributed by atoms with Gasteiger partial charge in [0, 0.05) is 11.1 Å². The fourth-order valence-electron chi connectivity index (χ4n) is 3.23. The van der Waals surface area contributed by atoms with Gasteiger partial charge in [0.2, 0.25) is 0 Å². The zero-order valence-electron chi connectivity index (χ0n) is 10.6. The molecule has 3 atom stereocenters. The summed E-state index contributed by atoms with van der Waals surface area (Å²) in [5.74, 6) is -0.0981. The summed E-state index contributed by atoms with van der Waals surface area (Å²) in [5.41, 5.74) is 2.41. The van der Waals surface area contributed by atoms with Crippen LogP contribution < -0.4 is 0 Å². The SMILES string of the molecule is CC1=CC=CC2C(=O)C3=C(C=CCC3C)C(=O)C12. The summed E-state index contributed by atoms with van der Waals surface area (Å²) in [6.45, 7) is 3.97. The molecule has 0 saturated carbocycles. The molecule has 0 bridgehead atoms. The molecule has 3 rings (SSSR count). The Morgan fingerprint density at radius 1 is 1.22 bits per heavy atom. The lowest BCUT2D eigenvalue weighted by molar-refractivity contribution is -0.128. The third kappa shape index (κ3) is 1.41. The topological polar surface area (TPSA) is 34.1 Å². The Morgan fingerprint density at radius 3 is 2.78 bits per heavy atom. The Hall–Kier alpha value is -1.70. The Morgan fingerprint density at radius 2 is 2.00 bits per heavy atom. The van der Waals surface area contributed by atoms with Gasteiger partial charge in [0.05, 0.1) is 11.8 Å². The molecule has 3 aliphatic carbocycles. The Balaban J connectivity index is 2.17. The number of Topliss-reactive ketones (excluding diaryl/α,β-unsaturated/α-hetero) is 2. The first-order valence-corrected chi connectivity index (χ1v) is 6.45. The zero-order valence-corrected chi connectivity index (χ0v) is 10.6. The van der Waals surface area contributed by atoms with Gasteiger partial charge in [-0.1, -0.05) is 42.9 Å². The number of rotatable bonds is 0. The molecule has 92 valence electrons. The van der Waals surface area contributed by atoms with Crippen LogP contribution >= 0.6 is 0 Å². The maximum absolute atomic E-state index is 12.6. The maximum Gasteiger partial charge on any atom is 0.171 e. The van der Waals surface area contributed by atoms with Crippen molar-refractivity contribution >= 4 is 11.6 Å².